The standard InChI is InChI=1S/C17H26N2O2/c1-16(2,3)21-15(20)18-17(4)10-11-19(13-17)12-14-8-6-5-7-9-14/h5-9H,10-13H2,1-4H3,(H,18,20)/t17-/m1/s1. The number of rotatable bonds is 3. The maximum atomic E-state index is 11.9. The van der Waals surface area contributed by atoms with Crippen LogP contribution in [0.4, 0.5) is 4.79 Å². The van der Waals surface area contributed by atoms with Gasteiger partial charge in [-0.2, -0.15) is 0 Å². The average molecular weight is 290 g/mol. The summed E-state index contributed by atoms with van der Waals surface area (Å²) in [4.78, 5) is 14.3. The zero-order valence-corrected chi connectivity index (χ0v) is 13.5. The topological polar surface area (TPSA) is 41.6 Å². The molecule has 21 heavy (non-hydrogen) atoms. The SMILES string of the molecule is CC(C)(C)OC(=O)N[C@]1(C)CCN(Cc2ccccc2)C1. The Morgan fingerprint density at radius 3 is 2.62 bits per heavy atom. The lowest BCUT2D eigenvalue weighted by atomic mass is 10.0. The van der Waals surface area contributed by atoms with Crippen LogP contribution in [0.3, 0.4) is 0 Å². The van der Waals surface area contributed by atoms with Crippen LogP contribution < -0.4 is 5.32 Å². The Labute approximate surface area is 127 Å². The van der Waals surface area contributed by atoms with E-state index in [0.717, 1.165) is 26.1 Å². The normalized spacial score (nSPS) is 23.0. The Morgan fingerprint density at radius 2 is 2.00 bits per heavy atom. The van der Waals surface area contributed by atoms with Gasteiger partial charge in [0, 0.05) is 19.6 Å². The smallest absolute Gasteiger partial charge is 0.408 e. The lowest BCUT2D eigenvalue weighted by Crippen LogP contribution is -2.49. The molecule has 0 radical (unpaired) electrons. The van der Waals surface area contributed by atoms with Gasteiger partial charge in [0.25, 0.3) is 0 Å². The number of ether oxygens (including phenoxy) is 1. The molecule has 0 spiro atoms. The van der Waals surface area contributed by atoms with Gasteiger partial charge in [-0.05, 0) is 39.7 Å². The van der Waals surface area contributed by atoms with E-state index in [1.165, 1.54) is 5.56 Å². The molecule has 0 aromatic heterocycles. The summed E-state index contributed by atoms with van der Waals surface area (Å²) >= 11 is 0. The van der Waals surface area contributed by atoms with Crippen molar-refractivity contribution in [3.63, 3.8) is 0 Å². The molecule has 1 atom stereocenters. The lowest BCUT2D eigenvalue weighted by Gasteiger charge is -2.28. The summed E-state index contributed by atoms with van der Waals surface area (Å²) in [5, 5.41) is 3.02. The Balaban J connectivity index is 1.87. The van der Waals surface area contributed by atoms with Crippen molar-refractivity contribution < 1.29 is 9.53 Å². The van der Waals surface area contributed by atoms with Crippen LogP contribution in [0.2, 0.25) is 0 Å². The molecule has 1 aliphatic rings. The van der Waals surface area contributed by atoms with Gasteiger partial charge in [0.15, 0.2) is 0 Å². The summed E-state index contributed by atoms with van der Waals surface area (Å²) in [5.41, 5.74) is 0.638. The zero-order chi connectivity index (χ0) is 15.5. The largest absolute Gasteiger partial charge is 0.444 e. The number of benzene rings is 1. The first-order valence-electron chi connectivity index (χ1n) is 7.53. The van der Waals surface area contributed by atoms with Crippen LogP contribution >= 0.6 is 0 Å². The highest BCUT2D eigenvalue weighted by Gasteiger charge is 2.36. The molecule has 1 fully saturated rings. The maximum absolute atomic E-state index is 11.9. The third kappa shape index (κ3) is 5.05. The molecule has 0 bridgehead atoms. The van der Waals surface area contributed by atoms with E-state index in [-0.39, 0.29) is 11.6 Å². The predicted octanol–water partition coefficient (Wildman–Crippen LogP) is 3.18. The summed E-state index contributed by atoms with van der Waals surface area (Å²) < 4.78 is 5.35. The van der Waals surface area contributed by atoms with Gasteiger partial charge in [-0.25, -0.2) is 4.79 Å². The minimum atomic E-state index is -0.456. The fourth-order valence-corrected chi connectivity index (χ4v) is 2.69. The third-order valence-corrected chi connectivity index (χ3v) is 3.60. The monoisotopic (exact) mass is 290 g/mol. The van der Waals surface area contributed by atoms with Crippen molar-refractivity contribution in [3.8, 4) is 0 Å². The average Bonchev–Trinajstić information content (AvgIpc) is 2.69. The van der Waals surface area contributed by atoms with Crippen LogP contribution in [0, 0.1) is 0 Å². The number of amides is 1. The van der Waals surface area contributed by atoms with Gasteiger partial charge in [-0.3, -0.25) is 4.90 Å². The predicted molar refractivity (Wildman–Crippen MR) is 84.1 cm³/mol. The molecule has 1 heterocycles. The summed E-state index contributed by atoms with van der Waals surface area (Å²) in [5.74, 6) is 0. The molecular weight excluding hydrogens is 264 g/mol. The van der Waals surface area contributed by atoms with Gasteiger partial charge < -0.3 is 10.1 Å². The Hall–Kier alpha value is -1.55. The van der Waals surface area contributed by atoms with Crippen molar-refractivity contribution in [2.45, 2.75) is 51.8 Å². The minimum Gasteiger partial charge on any atom is -0.444 e. The highest BCUT2D eigenvalue weighted by molar-refractivity contribution is 5.68. The van der Waals surface area contributed by atoms with E-state index >= 15 is 0 Å². The van der Waals surface area contributed by atoms with Gasteiger partial charge >= 0.3 is 6.09 Å². The number of carbonyl (C=O) groups excluding carboxylic acids is 1. The number of nitrogens with one attached hydrogen (secondary N) is 1. The fraction of sp³-hybridized carbons (Fsp3) is 0.588. The first kappa shape index (κ1) is 15.8. The Kier molecular flexibility index (Phi) is 4.57. The van der Waals surface area contributed by atoms with Crippen molar-refractivity contribution in [1.82, 2.24) is 10.2 Å². The lowest BCUT2D eigenvalue weighted by molar-refractivity contribution is 0.0467. The first-order chi connectivity index (χ1) is 9.76. The van der Waals surface area contributed by atoms with Crippen molar-refractivity contribution in [2.24, 2.45) is 0 Å². The highest BCUT2D eigenvalue weighted by Crippen LogP contribution is 2.23. The van der Waals surface area contributed by atoms with Crippen molar-refractivity contribution >= 4 is 6.09 Å². The van der Waals surface area contributed by atoms with Crippen LogP contribution in [0.25, 0.3) is 0 Å². The fourth-order valence-electron chi connectivity index (χ4n) is 2.69. The number of hydrogen-bond donors (Lipinski definition) is 1. The number of carbonyl (C=O) groups is 1. The second-order valence-corrected chi connectivity index (χ2v) is 7.13. The van der Waals surface area contributed by atoms with Gasteiger partial charge in [-0.15, -0.1) is 0 Å². The third-order valence-electron chi connectivity index (χ3n) is 3.60. The number of nitrogens with zero attached hydrogens (tertiary/aromatic N) is 1. The Bertz CT molecular complexity index is 481. The summed E-state index contributed by atoms with van der Waals surface area (Å²) in [6, 6.07) is 10.4. The molecule has 1 aromatic rings. The molecule has 116 valence electrons. The van der Waals surface area contributed by atoms with Crippen molar-refractivity contribution in [2.75, 3.05) is 13.1 Å². The minimum absolute atomic E-state index is 0.211. The molecule has 1 amide bonds. The molecule has 1 aromatic carbocycles. The first-order valence-corrected chi connectivity index (χ1v) is 7.53. The molecule has 2 rings (SSSR count). The van der Waals surface area contributed by atoms with E-state index in [2.05, 4.69) is 41.4 Å². The molecule has 4 heteroatoms. The van der Waals surface area contributed by atoms with E-state index in [9.17, 15) is 4.79 Å². The quantitative estimate of drug-likeness (QED) is 0.929. The molecule has 0 aliphatic carbocycles. The molecule has 0 saturated carbocycles. The van der Waals surface area contributed by atoms with Gasteiger partial charge in [0.05, 0.1) is 5.54 Å². The molecule has 4 nitrogen and oxygen atoms in total. The molecule has 0 unspecified atom stereocenters. The van der Waals surface area contributed by atoms with Crippen molar-refractivity contribution in [1.29, 1.82) is 0 Å². The van der Waals surface area contributed by atoms with E-state index in [1.54, 1.807) is 0 Å². The molecular formula is C17H26N2O2. The van der Waals surface area contributed by atoms with Crippen LogP contribution in [0.15, 0.2) is 30.3 Å². The van der Waals surface area contributed by atoms with Gasteiger partial charge in [0.1, 0.15) is 5.60 Å². The van der Waals surface area contributed by atoms with E-state index in [1.807, 2.05) is 26.8 Å². The second kappa shape index (κ2) is 6.06. The van der Waals surface area contributed by atoms with Crippen LogP contribution in [-0.4, -0.2) is 35.2 Å². The molecule has 1 N–H and O–H groups in total. The number of alkyl carbamates (subject to hydrolysis) is 1. The highest BCUT2D eigenvalue weighted by atomic mass is 16.6. The van der Waals surface area contributed by atoms with Crippen LogP contribution in [-0.2, 0) is 11.3 Å². The number of likely N-dealkylation sites (tertiary alicyclic amines) is 1. The van der Waals surface area contributed by atoms with Crippen LogP contribution in [0.5, 0.6) is 0 Å². The number of hydrogen-bond acceptors (Lipinski definition) is 3. The van der Waals surface area contributed by atoms with Crippen LogP contribution in [0.1, 0.15) is 39.7 Å². The Morgan fingerprint density at radius 1 is 1.33 bits per heavy atom. The summed E-state index contributed by atoms with van der Waals surface area (Å²) in [6.07, 6.45) is 0.616. The van der Waals surface area contributed by atoms with E-state index in [4.69, 9.17) is 4.74 Å². The second-order valence-electron chi connectivity index (χ2n) is 7.13. The molecule has 1 saturated heterocycles. The molecule has 1 aliphatic heterocycles. The summed E-state index contributed by atoms with van der Waals surface area (Å²) in [7, 11) is 0. The van der Waals surface area contributed by atoms with Gasteiger partial charge in [0.2, 0.25) is 0 Å². The van der Waals surface area contributed by atoms with Crippen molar-refractivity contribution in [3.05, 3.63) is 35.9 Å². The van der Waals surface area contributed by atoms with Gasteiger partial charge in [-0.1, -0.05) is 30.3 Å². The maximum Gasteiger partial charge on any atom is 0.408 e. The summed E-state index contributed by atoms with van der Waals surface area (Å²) in [6.45, 7) is 10.5. The zero-order valence-electron chi connectivity index (χ0n) is 13.5. The van der Waals surface area contributed by atoms with E-state index < -0.39 is 5.60 Å². The van der Waals surface area contributed by atoms with E-state index in [0.29, 0.717) is 0 Å².